The summed E-state index contributed by atoms with van der Waals surface area (Å²) in [6, 6.07) is 8.09. The highest BCUT2D eigenvalue weighted by molar-refractivity contribution is 5.80. The Morgan fingerprint density at radius 1 is 1.25 bits per heavy atom. The second-order valence-electron chi connectivity index (χ2n) is 6.55. The predicted octanol–water partition coefficient (Wildman–Crippen LogP) is 0.564. The van der Waals surface area contributed by atoms with Gasteiger partial charge in [-0.2, -0.15) is 0 Å². The van der Waals surface area contributed by atoms with Gasteiger partial charge in [0, 0.05) is 26.2 Å². The van der Waals surface area contributed by atoms with Crippen LogP contribution in [0.5, 0.6) is 5.75 Å². The maximum atomic E-state index is 12.5. The monoisotopic (exact) mass is 331 g/mol. The van der Waals surface area contributed by atoms with Gasteiger partial charge in [0.15, 0.2) is 0 Å². The van der Waals surface area contributed by atoms with Crippen molar-refractivity contribution in [1.29, 1.82) is 0 Å². The van der Waals surface area contributed by atoms with E-state index in [1.54, 1.807) is 7.05 Å². The van der Waals surface area contributed by atoms with Crippen LogP contribution in [0.2, 0.25) is 0 Å². The Balaban J connectivity index is 1.46. The number of carbonyl (C=O) groups is 2. The Labute approximate surface area is 142 Å². The summed E-state index contributed by atoms with van der Waals surface area (Å²) in [5.74, 6) is 0.887. The number of amides is 2. The maximum absolute atomic E-state index is 12.5. The highest BCUT2D eigenvalue weighted by Crippen LogP contribution is 2.27. The lowest BCUT2D eigenvalue weighted by atomic mass is 9.95. The minimum atomic E-state index is -0.121. The fourth-order valence-corrected chi connectivity index (χ4v) is 3.33. The molecular formula is C18H25N3O3. The highest BCUT2D eigenvalue weighted by atomic mass is 16.5. The Bertz CT molecular complexity index is 597. The average molecular weight is 331 g/mol. The third-order valence-corrected chi connectivity index (χ3v) is 4.83. The first kappa shape index (κ1) is 16.8. The van der Waals surface area contributed by atoms with Gasteiger partial charge in [0.1, 0.15) is 12.4 Å². The van der Waals surface area contributed by atoms with E-state index in [0.29, 0.717) is 13.2 Å². The van der Waals surface area contributed by atoms with E-state index in [1.165, 1.54) is 0 Å². The molecular weight excluding hydrogens is 306 g/mol. The Morgan fingerprint density at radius 2 is 2.00 bits per heavy atom. The molecule has 24 heavy (non-hydrogen) atoms. The number of para-hydroxylation sites is 1. The molecule has 6 heteroatoms. The summed E-state index contributed by atoms with van der Waals surface area (Å²) in [5, 5.41) is 5.80. The first-order valence-corrected chi connectivity index (χ1v) is 8.59. The van der Waals surface area contributed by atoms with Gasteiger partial charge >= 0.3 is 0 Å². The molecule has 1 fully saturated rings. The van der Waals surface area contributed by atoms with Crippen LogP contribution < -0.4 is 15.4 Å². The summed E-state index contributed by atoms with van der Waals surface area (Å²) in [6.07, 6.45) is 2.50. The van der Waals surface area contributed by atoms with Gasteiger partial charge in [0.05, 0.1) is 12.5 Å². The third kappa shape index (κ3) is 4.06. The maximum Gasteiger partial charge on any atom is 0.233 e. The van der Waals surface area contributed by atoms with Crippen LogP contribution >= 0.6 is 0 Å². The molecule has 0 aromatic heterocycles. The molecule has 2 aliphatic heterocycles. The van der Waals surface area contributed by atoms with E-state index >= 15 is 0 Å². The molecule has 3 rings (SSSR count). The number of rotatable bonds is 4. The van der Waals surface area contributed by atoms with Crippen molar-refractivity contribution in [2.24, 2.45) is 5.92 Å². The van der Waals surface area contributed by atoms with E-state index in [9.17, 15) is 9.59 Å². The molecule has 2 heterocycles. The molecule has 1 saturated heterocycles. The number of benzene rings is 1. The Kier molecular flexibility index (Phi) is 5.35. The highest BCUT2D eigenvalue weighted by Gasteiger charge is 2.28. The van der Waals surface area contributed by atoms with Crippen molar-refractivity contribution in [2.45, 2.75) is 25.3 Å². The van der Waals surface area contributed by atoms with Gasteiger partial charge in [-0.1, -0.05) is 18.2 Å². The number of nitrogens with one attached hydrogen (secondary N) is 2. The lowest BCUT2D eigenvalue weighted by Gasteiger charge is -2.33. The van der Waals surface area contributed by atoms with Crippen molar-refractivity contribution in [3.05, 3.63) is 29.8 Å². The number of hydrogen-bond donors (Lipinski definition) is 2. The second kappa shape index (κ2) is 7.66. The predicted molar refractivity (Wildman–Crippen MR) is 90.8 cm³/mol. The van der Waals surface area contributed by atoms with E-state index in [-0.39, 0.29) is 23.8 Å². The van der Waals surface area contributed by atoms with E-state index in [4.69, 9.17) is 4.74 Å². The van der Waals surface area contributed by atoms with Crippen molar-refractivity contribution in [1.82, 2.24) is 15.5 Å². The minimum Gasteiger partial charge on any atom is -0.492 e. The molecule has 0 saturated carbocycles. The summed E-state index contributed by atoms with van der Waals surface area (Å²) < 4.78 is 5.71. The van der Waals surface area contributed by atoms with Crippen molar-refractivity contribution in [2.75, 3.05) is 33.3 Å². The second-order valence-corrected chi connectivity index (χ2v) is 6.55. The fourth-order valence-electron chi connectivity index (χ4n) is 3.33. The van der Waals surface area contributed by atoms with Crippen LogP contribution in [0.3, 0.4) is 0 Å². The number of piperidine rings is 1. The van der Waals surface area contributed by atoms with Crippen molar-refractivity contribution in [3.8, 4) is 5.75 Å². The standard InChI is InChI=1S/C18H25N3O3/c1-19-17(22)11-21-8-6-15(7-9-21)20-18(23)14-10-13-4-2-3-5-16(13)24-12-14/h2-5,14-15H,6-12H2,1H3,(H,19,22)(H,20,23)/t14-/m0/s1. The minimum absolute atomic E-state index is 0.0375. The number of carbonyl (C=O) groups excluding carboxylic acids is 2. The molecule has 0 radical (unpaired) electrons. The molecule has 0 spiro atoms. The lowest BCUT2D eigenvalue weighted by Crippen LogP contribution is -2.49. The van der Waals surface area contributed by atoms with Crippen LogP contribution in [0, 0.1) is 5.92 Å². The summed E-state index contributed by atoms with van der Waals surface area (Å²) in [5.41, 5.74) is 1.10. The van der Waals surface area contributed by atoms with Crippen LogP contribution in [0.1, 0.15) is 18.4 Å². The van der Waals surface area contributed by atoms with Crippen LogP contribution in [0.25, 0.3) is 0 Å². The van der Waals surface area contributed by atoms with Crippen LogP contribution in [-0.4, -0.2) is 56.0 Å². The van der Waals surface area contributed by atoms with Crippen molar-refractivity contribution < 1.29 is 14.3 Å². The molecule has 6 nitrogen and oxygen atoms in total. The Hall–Kier alpha value is -2.08. The van der Waals surface area contributed by atoms with Gasteiger partial charge in [-0.3, -0.25) is 14.5 Å². The third-order valence-electron chi connectivity index (χ3n) is 4.83. The zero-order valence-electron chi connectivity index (χ0n) is 14.1. The molecule has 1 atom stereocenters. The molecule has 2 aliphatic rings. The molecule has 0 bridgehead atoms. The first-order chi connectivity index (χ1) is 11.7. The molecule has 130 valence electrons. The normalized spacial score (nSPS) is 21.5. The average Bonchev–Trinajstić information content (AvgIpc) is 2.62. The summed E-state index contributed by atoms with van der Waals surface area (Å²) in [7, 11) is 1.65. The Morgan fingerprint density at radius 3 is 2.75 bits per heavy atom. The summed E-state index contributed by atoms with van der Waals surface area (Å²) in [6.45, 7) is 2.55. The van der Waals surface area contributed by atoms with Crippen molar-refractivity contribution in [3.63, 3.8) is 0 Å². The van der Waals surface area contributed by atoms with E-state index in [1.807, 2.05) is 24.3 Å². The molecule has 0 unspecified atom stereocenters. The van der Waals surface area contributed by atoms with Crippen molar-refractivity contribution >= 4 is 11.8 Å². The van der Waals surface area contributed by atoms with E-state index in [0.717, 1.165) is 43.7 Å². The van der Waals surface area contributed by atoms with Gasteiger partial charge in [-0.25, -0.2) is 0 Å². The quantitative estimate of drug-likeness (QED) is 0.846. The zero-order chi connectivity index (χ0) is 16.9. The zero-order valence-corrected chi connectivity index (χ0v) is 14.1. The van der Waals surface area contributed by atoms with Crippen LogP contribution in [0.4, 0.5) is 0 Å². The van der Waals surface area contributed by atoms with Gasteiger partial charge in [0.2, 0.25) is 11.8 Å². The van der Waals surface area contributed by atoms with Crippen LogP contribution in [-0.2, 0) is 16.0 Å². The number of hydrogen-bond acceptors (Lipinski definition) is 4. The van der Waals surface area contributed by atoms with Gasteiger partial charge in [-0.15, -0.1) is 0 Å². The number of nitrogens with zero attached hydrogens (tertiary/aromatic N) is 1. The largest absolute Gasteiger partial charge is 0.492 e. The topological polar surface area (TPSA) is 70.7 Å². The molecule has 2 N–H and O–H groups in total. The molecule has 0 aliphatic carbocycles. The van der Waals surface area contributed by atoms with Gasteiger partial charge in [0.25, 0.3) is 0 Å². The summed E-state index contributed by atoms with van der Waals surface area (Å²) >= 11 is 0. The SMILES string of the molecule is CNC(=O)CN1CCC(NC(=O)[C@@H]2COc3ccccc3C2)CC1. The lowest BCUT2D eigenvalue weighted by molar-refractivity contribution is -0.128. The van der Waals surface area contributed by atoms with Gasteiger partial charge in [-0.05, 0) is 30.9 Å². The number of likely N-dealkylation sites (N-methyl/N-ethyl adjacent to an activating group) is 1. The summed E-state index contributed by atoms with van der Waals surface area (Å²) in [4.78, 5) is 26.0. The van der Waals surface area contributed by atoms with E-state index in [2.05, 4.69) is 15.5 Å². The molecule has 1 aromatic rings. The number of fused-ring (bicyclic) bond motifs is 1. The molecule has 2 amide bonds. The van der Waals surface area contributed by atoms with E-state index < -0.39 is 0 Å². The number of likely N-dealkylation sites (tertiary alicyclic amines) is 1. The fraction of sp³-hybridized carbons (Fsp3) is 0.556. The first-order valence-electron chi connectivity index (χ1n) is 8.59. The van der Waals surface area contributed by atoms with Gasteiger partial charge < -0.3 is 15.4 Å². The smallest absolute Gasteiger partial charge is 0.233 e. The number of ether oxygens (including phenoxy) is 1. The van der Waals surface area contributed by atoms with Crippen LogP contribution in [0.15, 0.2) is 24.3 Å². The molecule has 1 aromatic carbocycles.